The lowest BCUT2D eigenvalue weighted by molar-refractivity contribution is -0.119. The van der Waals surface area contributed by atoms with Gasteiger partial charge in [0.05, 0.1) is 6.54 Å². The topological polar surface area (TPSA) is 64.7 Å². The lowest BCUT2D eigenvalue weighted by Gasteiger charge is -2.14. The van der Waals surface area contributed by atoms with Crippen LogP contribution in [0.5, 0.6) is 0 Å². The zero-order valence-electron chi connectivity index (χ0n) is 15.7. The Morgan fingerprint density at radius 1 is 1.13 bits per heavy atom. The van der Waals surface area contributed by atoms with Gasteiger partial charge in [-0.3, -0.25) is 14.2 Å². The number of carbonyl (C=O) groups excluding carboxylic acids is 1. The standard InChI is InChI=1S/C18H14Cl2F5N5O/c1-8(30-14(16(24)25)5-13(27-30)15(22)23)18(31)26-17-11(20)7-29(28-17)6-9-10(19)3-2-4-12(9)21/h2-5,7-8,15-16H,6H2,1H3,(H,26,28,31). The number of anilines is 1. The zero-order chi connectivity index (χ0) is 22.9. The lowest BCUT2D eigenvalue weighted by Crippen LogP contribution is -2.26. The van der Waals surface area contributed by atoms with E-state index >= 15 is 0 Å². The molecule has 1 unspecified atom stereocenters. The van der Waals surface area contributed by atoms with E-state index in [1.54, 1.807) is 0 Å². The highest BCUT2D eigenvalue weighted by atomic mass is 35.5. The maximum atomic E-state index is 14.0. The first-order valence-electron chi connectivity index (χ1n) is 8.70. The quantitative estimate of drug-likeness (QED) is 0.443. The van der Waals surface area contributed by atoms with Crippen molar-refractivity contribution in [2.45, 2.75) is 32.4 Å². The Balaban J connectivity index is 1.80. The molecule has 6 nitrogen and oxygen atoms in total. The van der Waals surface area contributed by atoms with E-state index in [-0.39, 0.29) is 28.0 Å². The molecule has 2 aromatic heterocycles. The zero-order valence-corrected chi connectivity index (χ0v) is 17.2. The van der Waals surface area contributed by atoms with Crippen molar-refractivity contribution >= 4 is 34.9 Å². The van der Waals surface area contributed by atoms with Crippen LogP contribution in [0.3, 0.4) is 0 Å². The molecule has 0 aliphatic carbocycles. The minimum atomic E-state index is -3.12. The molecule has 1 amide bonds. The van der Waals surface area contributed by atoms with Crippen LogP contribution in [0.4, 0.5) is 27.8 Å². The van der Waals surface area contributed by atoms with Crippen LogP contribution < -0.4 is 5.32 Å². The Bertz CT molecular complexity index is 1080. The summed E-state index contributed by atoms with van der Waals surface area (Å²) in [7, 11) is 0. The number of hydrogen-bond acceptors (Lipinski definition) is 3. The van der Waals surface area contributed by atoms with Gasteiger partial charge in [0, 0.05) is 16.8 Å². The van der Waals surface area contributed by atoms with Crippen molar-refractivity contribution in [1.82, 2.24) is 19.6 Å². The van der Waals surface area contributed by atoms with E-state index in [9.17, 15) is 26.7 Å². The molecule has 1 atom stereocenters. The minimum Gasteiger partial charge on any atom is -0.306 e. The summed E-state index contributed by atoms with van der Waals surface area (Å²) in [4.78, 5) is 12.5. The van der Waals surface area contributed by atoms with Crippen molar-refractivity contribution in [3.8, 4) is 0 Å². The van der Waals surface area contributed by atoms with Crippen LogP contribution in [0.1, 0.15) is 42.8 Å². The highest BCUT2D eigenvalue weighted by Crippen LogP contribution is 2.29. The van der Waals surface area contributed by atoms with Crippen LogP contribution in [-0.4, -0.2) is 25.5 Å². The van der Waals surface area contributed by atoms with Crippen LogP contribution in [0, 0.1) is 5.82 Å². The van der Waals surface area contributed by atoms with Crippen LogP contribution in [0.15, 0.2) is 30.5 Å². The molecule has 0 radical (unpaired) electrons. The first-order chi connectivity index (χ1) is 14.6. The molecule has 0 saturated carbocycles. The lowest BCUT2D eigenvalue weighted by atomic mass is 10.2. The SMILES string of the molecule is CC(C(=O)Nc1nn(Cc2c(F)cccc2Cl)cc1Cl)n1nc(C(F)F)cc1C(F)F. The predicted octanol–water partition coefficient (Wildman–Crippen LogP) is 5.65. The second kappa shape index (κ2) is 9.23. The Morgan fingerprint density at radius 3 is 2.45 bits per heavy atom. The van der Waals surface area contributed by atoms with Crippen LogP contribution >= 0.6 is 23.2 Å². The van der Waals surface area contributed by atoms with Gasteiger partial charge in [-0.15, -0.1) is 0 Å². The Labute approximate surface area is 182 Å². The number of aromatic nitrogens is 4. The number of amides is 1. The summed E-state index contributed by atoms with van der Waals surface area (Å²) >= 11 is 12.0. The number of benzene rings is 1. The summed E-state index contributed by atoms with van der Waals surface area (Å²) in [6.07, 6.45) is -4.90. The molecule has 0 aliphatic rings. The molecule has 13 heteroatoms. The fraction of sp³-hybridized carbons (Fsp3) is 0.278. The Kier molecular flexibility index (Phi) is 6.85. The molecule has 31 heavy (non-hydrogen) atoms. The molecular formula is C18H14Cl2F5N5O. The van der Waals surface area contributed by atoms with Crippen molar-refractivity contribution < 1.29 is 26.7 Å². The molecule has 0 spiro atoms. The smallest absolute Gasteiger partial charge is 0.282 e. The van der Waals surface area contributed by atoms with Gasteiger partial charge in [-0.2, -0.15) is 10.2 Å². The summed E-state index contributed by atoms with van der Waals surface area (Å²) in [5, 5.41) is 9.90. The van der Waals surface area contributed by atoms with Gasteiger partial charge in [0.1, 0.15) is 28.3 Å². The number of nitrogens with zero attached hydrogens (tertiary/aromatic N) is 4. The predicted molar refractivity (Wildman–Crippen MR) is 103 cm³/mol. The van der Waals surface area contributed by atoms with E-state index in [4.69, 9.17) is 23.2 Å². The van der Waals surface area contributed by atoms with Gasteiger partial charge in [-0.05, 0) is 25.1 Å². The fourth-order valence-corrected chi connectivity index (χ4v) is 3.17. The second-order valence-electron chi connectivity index (χ2n) is 6.43. The molecule has 3 rings (SSSR count). The molecule has 3 aromatic rings. The maximum Gasteiger partial charge on any atom is 0.282 e. The summed E-state index contributed by atoms with van der Waals surface area (Å²) in [6, 6.07) is 3.31. The molecule has 0 fully saturated rings. The van der Waals surface area contributed by atoms with Gasteiger partial charge < -0.3 is 5.32 Å². The van der Waals surface area contributed by atoms with Gasteiger partial charge in [-0.25, -0.2) is 22.0 Å². The average molecular weight is 482 g/mol. The Hall–Kier alpha value is -2.66. The molecule has 1 N–H and O–H groups in total. The summed E-state index contributed by atoms with van der Waals surface area (Å²) < 4.78 is 67.7. The summed E-state index contributed by atoms with van der Waals surface area (Å²) in [5.41, 5.74) is -1.56. The van der Waals surface area contributed by atoms with E-state index in [2.05, 4.69) is 15.5 Å². The third-order valence-corrected chi connectivity index (χ3v) is 4.95. The molecule has 2 heterocycles. The van der Waals surface area contributed by atoms with E-state index in [1.165, 1.54) is 36.0 Å². The van der Waals surface area contributed by atoms with Gasteiger partial charge in [0.25, 0.3) is 12.9 Å². The summed E-state index contributed by atoms with van der Waals surface area (Å²) in [6.45, 7) is 1.11. The normalized spacial score (nSPS) is 12.6. The maximum absolute atomic E-state index is 14.0. The molecule has 166 valence electrons. The van der Waals surface area contributed by atoms with Crippen molar-refractivity contribution in [1.29, 1.82) is 0 Å². The van der Waals surface area contributed by atoms with Crippen LogP contribution in [-0.2, 0) is 11.3 Å². The largest absolute Gasteiger partial charge is 0.306 e. The molecule has 0 bridgehead atoms. The fourth-order valence-electron chi connectivity index (χ4n) is 2.75. The number of rotatable bonds is 7. The second-order valence-corrected chi connectivity index (χ2v) is 7.24. The summed E-state index contributed by atoms with van der Waals surface area (Å²) in [5.74, 6) is -1.57. The highest BCUT2D eigenvalue weighted by Gasteiger charge is 2.27. The number of halogens is 7. The molecule has 1 aromatic carbocycles. The van der Waals surface area contributed by atoms with Gasteiger partial charge >= 0.3 is 0 Å². The van der Waals surface area contributed by atoms with Gasteiger partial charge in [0.2, 0.25) is 5.91 Å². The average Bonchev–Trinajstić information content (AvgIpc) is 3.28. The van der Waals surface area contributed by atoms with Crippen molar-refractivity contribution in [3.63, 3.8) is 0 Å². The number of hydrogen-bond donors (Lipinski definition) is 1. The Morgan fingerprint density at radius 2 is 1.84 bits per heavy atom. The van der Waals surface area contributed by atoms with Crippen molar-refractivity contribution in [2.24, 2.45) is 0 Å². The number of nitrogens with one attached hydrogen (secondary N) is 1. The monoisotopic (exact) mass is 481 g/mol. The van der Waals surface area contributed by atoms with E-state index < -0.39 is 42.0 Å². The molecule has 0 saturated heterocycles. The molecule has 0 aliphatic heterocycles. The van der Waals surface area contributed by atoms with Crippen molar-refractivity contribution in [2.75, 3.05) is 5.32 Å². The molecular weight excluding hydrogens is 468 g/mol. The third-order valence-electron chi connectivity index (χ3n) is 4.32. The first kappa shape index (κ1) is 23.0. The van der Waals surface area contributed by atoms with E-state index in [1.807, 2.05) is 0 Å². The first-order valence-corrected chi connectivity index (χ1v) is 9.46. The van der Waals surface area contributed by atoms with Gasteiger partial charge in [0.15, 0.2) is 5.82 Å². The highest BCUT2D eigenvalue weighted by molar-refractivity contribution is 6.33. The van der Waals surface area contributed by atoms with E-state index in [0.29, 0.717) is 10.7 Å². The third kappa shape index (κ3) is 4.99. The van der Waals surface area contributed by atoms with Gasteiger partial charge in [-0.1, -0.05) is 29.3 Å². The number of carbonyl (C=O) groups is 1. The number of alkyl halides is 4. The van der Waals surface area contributed by atoms with Crippen LogP contribution in [0.25, 0.3) is 0 Å². The van der Waals surface area contributed by atoms with Crippen molar-refractivity contribution in [3.05, 3.63) is 63.3 Å². The van der Waals surface area contributed by atoms with E-state index in [0.717, 1.165) is 0 Å². The van der Waals surface area contributed by atoms with Crippen LogP contribution in [0.2, 0.25) is 10.0 Å². The minimum absolute atomic E-state index is 0.0178.